The topological polar surface area (TPSA) is 61.2 Å². The minimum atomic E-state index is -0.280. The number of anilines is 1. The van der Waals surface area contributed by atoms with Gasteiger partial charge in [-0.25, -0.2) is 4.68 Å². The first-order valence-corrected chi connectivity index (χ1v) is 11.0. The van der Waals surface area contributed by atoms with Crippen LogP contribution < -0.4 is 14.8 Å². The molecule has 33 heavy (non-hydrogen) atoms. The van der Waals surface area contributed by atoms with E-state index in [1.54, 1.807) is 13.4 Å². The number of benzene rings is 3. The first-order valence-electron chi connectivity index (χ1n) is 11.0. The van der Waals surface area contributed by atoms with E-state index in [4.69, 9.17) is 9.47 Å². The van der Waals surface area contributed by atoms with Gasteiger partial charge in [0.2, 0.25) is 5.95 Å². The highest BCUT2D eigenvalue weighted by Crippen LogP contribution is 2.51. The van der Waals surface area contributed by atoms with Crippen LogP contribution in [0.4, 0.5) is 5.95 Å². The van der Waals surface area contributed by atoms with Crippen molar-refractivity contribution >= 4 is 11.6 Å². The lowest BCUT2D eigenvalue weighted by Gasteiger charge is -2.39. The number of aromatic nitrogens is 3. The van der Waals surface area contributed by atoms with Crippen LogP contribution in [0.25, 0.3) is 5.70 Å². The van der Waals surface area contributed by atoms with Gasteiger partial charge in [0.1, 0.15) is 30.0 Å². The third kappa shape index (κ3) is 3.18. The van der Waals surface area contributed by atoms with Gasteiger partial charge in [-0.3, -0.25) is 0 Å². The Morgan fingerprint density at radius 2 is 1.61 bits per heavy atom. The van der Waals surface area contributed by atoms with E-state index in [0.29, 0.717) is 5.95 Å². The highest BCUT2D eigenvalue weighted by molar-refractivity contribution is 5.85. The molecule has 1 aromatic heterocycles. The van der Waals surface area contributed by atoms with Crippen LogP contribution in [0, 0.1) is 13.8 Å². The van der Waals surface area contributed by atoms with Crippen molar-refractivity contribution in [3.05, 3.63) is 106 Å². The normalized spacial score (nSPS) is 18.5. The van der Waals surface area contributed by atoms with Gasteiger partial charge < -0.3 is 14.8 Å². The van der Waals surface area contributed by atoms with E-state index in [0.717, 1.165) is 39.5 Å². The molecule has 0 saturated heterocycles. The molecule has 2 aliphatic heterocycles. The monoisotopic (exact) mass is 436 g/mol. The molecule has 6 rings (SSSR count). The lowest BCUT2D eigenvalue weighted by Crippen LogP contribution is -2.32. The fraction of sp³-hybridized carbons (Fsp3) is 0.185. The van der Waals surface area contributed by atoms with Crippen molar-refractivity contribution in [3.63, 3.8) is 0 Å². The quantitative estimate of drug-likeness (QED) is 0.462. The van der Waals surface area contributed by atoms with Crippen molar-refractivity contribution < 1.29 is 9.47 Å². The second kappa shape index (κ2) is 7.52. The molecular formula is C27H24N4O2. The molecule has 0 radical (unpaired) electrons. The van der Waals surface area contributed by atoms with Crippen molar-refractivity contribution in [1.29, 1.82) is 0 Å². The summed E-state index contributed by atoms with van der Waals surface area (Å²) in [5, 5.41) is 8.13. The third-order valence-corrected chi connectivity index (χ3v) is 6.39. The smallest absolute Gasteiger partial charge is 0.226 e. The largest absolute Gasteiger partial charge is 0.497 e. The highest BCUT2D eigenvalue weighted by Gasteiger charge is 2.41. The number of nitrogens with one attached hydrogen (secondary N) is 1. The molecule has 3 aromatic carbocycles. The number of fused-ring (bicyclic) bond motifs is 3. The van der Waals surface area contributed by atoms with E-state index in [9.17, 15) is 0 Å². The molecule has 2 aliphatic rings. The van der Waals surface area contributed by atoms with Gasteiger partial charge in [-0.1, -0.05) is 59.7 Å². The zero-order chi connectivity index (χ0) is 22.5. The average molecular weight is 437 g/mol. The lowest BCUT2D eigenvalue weighted by molar-refractivity contribution is 0.222. The van der Waals surface area contributed by atoms with Gasteiger partial charge in [0.05, 0.1) is 12.8 Å². The van der Waals surface area contributed by atoms with Crippen LogP contribution in [0.1, 0.15) is 40.0 Å². The zero-order valence-electron chi connectivity index (χ0n) is 18.7. The molecule has 6 heteroatoms. The Labute approximate surface area is 192 Å². The summed E-state index contributed by atoms with van der Waals surface area (Å²) in [6, 6.07) is 22.9. The van der Waals surface area contributed by atoms with Gasteiger partial charge in [-0.15, -0.1) is 0 Å². The van der Waals surface area contributed by atoms with E-state index >= 15 is 0 Å². The fourth-order valence-corrected chi connectivity index (χ4v) is 4.66. The summed E-state index contributed by atoms with van der Waals surface area (Å²) in [6.45, 7) is 4.19. The molecule has 0 spiro atoms. The number of hydrogen-bond donors (Lipinski definition) is 1. The van der Waals surface area contributed by atoms with Crippen LogP contribution in [-0.2, 0) is 0 Å². The SMILES string of the molecule is COc1ccc2c(c1)C1=C(C(c3ccc(C)cc3)O2)C(c2ccc(C)cc2)n2ncnc2N1. The molecule has 0 saturated carbocycles. The molecule has 0 bridgehead atoms. The Morgan fingerprint density at radius 1 is 0.909 bits per heavy atom. The number of hydrogen-bond acceptors (Lipinski definition) is 5. The summed E-state index contributed by atoms with van der Waals surface area (Å²) in [5.74, 6) is 2.29. The number of ether oxygens (including phenoxy) is 2. The van der Waals surface area contributed by atoms with Crippen LogP contribution in [0.5, 0.6) is 11.5 Å². The summed E-state index contributed by atoms with van der Waals surface area (Å²) in [7, 11) is 1.68. The predicted molar refractivity (Wildman–Crippen MR) is 127 cm³/mol. The predicted octanol–water partition coefficient (Wildman–Crippen LogP) is 5.46. The first kappa shape index (κ1) is 19.6. The van der Waals surface area contributed by atoms with E-state index in [2.05, 4.69) is 77.8 Å². The van der Waals surface area contributed by atoms with E-state index in [1.807, 2.05) is 22.9 Å². The van der Waals surface area contributed by atoms with Gasteiger partial charge in [0.25, 0.3) is 0 Å². The Kier molecular flexibility index (Phi) is 4.47. The second-order valence-corrected chi connectivity index (χ2v) is 8.57. The number of rotatable bonds is 3. The van der Waals surface area contributed by atoms with Gasteiger partial charge in [-0.2, -0.15) is 10.1 Å². The molecule has 6 nitrogen and oxygen atoms in total. The first-order chi connectivity index (χ1) is 16.1. The number of methoxy groups -OCH3 is 1. The molecule has 0 fully saturated rings. The van der Waals surface area contributed by atoms with E-state index in [-0.39, 0.29) is 12.1 Å². The summed E-state index contributed by atoms with van der Waals surface area (Å²) >= 11 is 0. The van der Waals surface area contributed by atoms with Crippen LogP contribution in [0.2, 0.25) is 0 Å². The molecule has 4 aromatic rings. The van der Waals surface area contributed by atoms with Gasteiger partial charge in [0.15, 0.2) is 0 Å². The zero-order valence-corrected chi connectivity index (χ0v) is 18.7. The maximum Gasteiger partial charge on any atom is 0.226 e. The van der Waals surface area contributed by atoms with E-state index < -0.39 is 0 Å². The Hall–Kier alpha value is -4.06. The molecule has 0 amide bonds. The van der Waals surface area contributed by atoms with Crippen LogP contribution in [0.15, 0.2) is 78.6 Å². The van der Waals surface area contributed by atoms with Crippen LogP contribution >= 0.6 is 0 Å². The number of nitrogens with zero attached hydrogens (tertiary/aromatic N) is 3. The van der Waals surface area contributed by atoms with Gasteiger partial charge in [0, 0.05) is 11.1 Å². The maximum absolute atomic E-state index is 6.68. The van der Waals surface area contributed by atoms with Gasteiger partial charge in [-0.05, 0) is 43.2 Å². The van der Waals surface area contributed by atoms with Crippen molar-refractivity contribution in [3.8, 4) is 11.5 Å². The average Bonchev–Trinajstić information content (AvgIpc) is 3.31. The number of aryl methyl sites for hydroxylation is 2. The summed E-state index contributed by atoms with van der Waals surface area (Å²) in [4.78, 5) is 4.50. The summed E-state index contributed by atoms with van der Waals surface area (Å²) < 4.78 is 14.1. The van der Waals surface area contributed by atoms with Crippen molar-refractivity contribution in [1.82, 2.24) is 14.8 Å². The molecule has 1 N–H and O–H groups in total. The lowest BCUT2D eigenvalue weighted by atomic mass is 9.84. The Morgan fingerprint density at radius 3 is 2.30 bits per heavy atom. The minimum absolute atomic E-state index is 0.162. The highest BCUT2D eigenvalue weighted by atomic mass is 16.5. The molecule has 3 heterocycles. The summed E-state index contributed by atoms with van der Waals surface area (Å²) in [5.41, 5.74) is 7.70. The van der Waals surface area contributed by atoms with Crippen molar-refractivity contribution in [2.45, 2.75) is 26.0 Å². The molecule has 2 unspecified atom stereocenters. The van der Waals surface area contributed by atoms with Crippen LogP contribution in [-0.4, -0.2) is 21.9 Å². The van der Waals surface area contributed by atoms with Crippen molar-refractivity contribution in [2.24, 2.45) is 0 Å². The van der Waals surface area contributed by atoms with Gasteiger partial charge >= 0.3 is 0 Å². The Balaban J connectivity index is 1.62. The Bertz CT molecular complexity index is 1370. The molecule has 164 valence electrons. The van der Waals surface area contributed by atoms with Crippen molar-refractivity contribution in [2.75, 3.05) is 12.4 Å². The fourth-order valence-electron chi connectivity index (χ4n) is 4.66. The molecule has 0 aliphatic carbocycles. The third-order valence-electron chi connectivity index (χ3n) is 6.39. The minimum Gasteiger partial charge on any atom is -0.497 e. The van der Waals surface area contributed by atoms with Crippen LogP contribution in [0.3, 0.4) is 0 Å². The standard InChI is InChI=1S/C27H24N4O2/c1-16-4-8-18(9-5-16)25-23-24(30-27-28-15-29-31(25)27)21-14-20(32-3)12-13-22(21)33-26(23)19-10-6-17(2)7-11-19/h4-15,25-26H,1-3H3,(H,28,29,30). The summed E-state index contributed by atoms with van der Waals surface area (Å²) in [6.07, 6.45) is 1.31. The molecule has 2 atom stereocenters. The maximum atomic E-state index is 6.68. The second-order valence-electron chi connectivity index (χ2n) is 8.57. The van der Waals surface area contributed by atoms with E-state index in [1.165, 1.54) is 11.1 Å². The molecular weight excluding hydrogens is 412 g/mol.